The quantitative estimate of drug-likeness (QED) is 0.223. The Bertz CT molecular complexity index is 1870. The lowest BCUT2D eigenvalue weighted by Crippen LogP contribution is -2.47. The first-order valence-electron chi connectivity index (χ1n) is 13.9. The molecule has 0 fully saturated rings. The Morgan fingerprint density at radius 1 is 0.413 bits per heavy atom. The molecule has 0 heterocycles. The molecule has 0 bridgehead atoms. The Hall–Kier alpha value is -5.04. The van der Waals surface area contributed by atoms with Crippen molar-refractivity contribution in [3.63, 3.8) is 0 Å². The molecule has 0 aromatic heterocycles. The van der Waals surface area contributed by atoms with Gasteiger partial charge in [0.25, 0.3) is 0 Å². The molecule has 10 heteroatoms. The molecule has 0 saturated carbocycles. The molecule has 46 heavy (non-hydrogen) atoms. The Labute approximate surface area is 270 Å². The maximum Gasteiger partial charge on any atom is 0.124 e. The monoisotopic (exact) mass is 652 g/mol. The van der Waals surface area contributed by atoms with Gasteiger partial charge in [0.05, 0.1) is 22.9 Å². The highest BCUT2D eigenvalue weighted by molar-refractivity contribution is 7.86. The summed E-state index contributed by atoms with van der Waals surface area (Å²) in [5.74, 6) is 11.6. The summed E-state index contributed by atoms with van der Waals surface area (Å²) in [7, 11) is -8.96. The molecule has 0 aliphatic carbocycles. The third-order valence-corrected chi connectivity index (χ3v) is 7.84. The molecule has 5 rings (SSSR count). The predicted octanol–water partition coefficient (Wildman–Crippen LogP) is 3.15. The van der Waals surface area contributed by atoms with E-state index in [1.54, 1.807) is 24.3 Å². The first-order chi connectivity index (χ1) is 22.0. The lowest BCUT2D eigenvalue weighted by Gasteiger charge is -2.05. The smallest absolute Gasteiger partial charge is 0.124 e. The average Bonchev–Trinajstić information content (AvgIpc) is 3.08. The van der Waals surface area contributed by atoms with Gasteiger partial charge in [0, 0.05) is 33.4 Å². The van der Waals surface area contributed by atoms with Crippen molar-refractivity contribution in [1.29, 1.82) is 0 Å². The summed E-state index contributed by atoms with van der Waals surface area (Å²) in [6.07, 6.45) is 0. The van der Waals surface area contributed by atoms with Crippen LogP contribution in [0.25, 0.3) is 0 Å². The third-order valence-electron chi connectivity index (χ3n) is 6.14. The van der Waals surface area contributed by atoms with Crippen LogP contribution >= 0.6 is 0 Å². The fourth-order valence-corrected chi connectivity index (χ4v) is 4.56. The molecule has 234 valence electrons. The summed E-state index contributed by atoms with van der Waals surface area (Å²) >= 11 is 0. The van der Waals surface area contributed by atoms with Gasteiger partial charge in [0.1, 0.15) is 20.2 Å². The first kappa shape index (κ1) is 35.4. The minimum atomic E-state index is -4.48. The van der Waals surface area contributed by atoms with E-state index in [1.165, 1.54) is 59.7 Å². The van der Waals surface area contributed by atoms with Crippen LogP contribution in [0.2, 0.25) is 0 Å². The number of hydrogen-bond acceptors (Lipinski definition) is 6. The molecule has 5 aromatic carbocycles. The summed E-state index contributed by atoms with van der Waals surface area (Å²) < 4.78 is 65.5. The number of quaternary nitrogens is 2. The van der Waals surface area contributed by atoms with Crippen molar-refractivity contribution in [2.75, 3.05) is 0 Å². The van der Waals surface area contributed by atoms with E-state index >= 15 is 0 Å². The molecule has 0 aliphatic rings. The van der Waals surface area contributed by atoms with Crippen LogP contribution in [0.5, 0.6) is 0 Å². The number of benzene rings is 5. The van der Waals surface area contributed by atoms with E-state index in [9.17, 15) is 25.9 Å². The number of rotatable bonds is 4. The lowest BCUT2D eigenvalue weighted by atomic mass is 10.1. The fraction of sp³-hybridized carbons (Fsp3) is 0.0556. The van der Waals surface area contributed by atoms with Crippen molar-refractivity contribution in [1.82, 2.24) is 0 Å². The van der Waals surface area contributed by atoms with Crippen LogP contribution in [0, 0.1) is 23.7 Å². The van der Waals surface area contributed by atoms with E-state index in [4.69, 9.17) is 0 Å². The Balaban J connectivity index is 0.000000291. The van der Waals surface area contributed by atoms with Crippen molar-refractivity contribution < 1.29 is 37.4 Å². The minimum absolute atomic E-state index is 0.305. The molecule has 0 atom stereocenters. The van der Waals surface area contributed by atoms with Crippen LogP contribution in [0.15, 0.2) is 143 Å². The molecule has 5 aromatic rings. The van der Waals surface area contributed by atoms with Crippen molar-refractivity contribution in [2.45, 2.75) is 22.9 Å². The van der Waals surface area contributed by atoms with Crippen LogP contribution in [0.1, 0.15) is 33.4 Å². The minimum Gasteiger partial charge on any atom is -0.744 e. The van der Waals surface area contributed by atoms with Crippen LogP contribution in [0.3, 0.4) is 0 Å². The standard InChI is InChI=1S/C22H14O6S2.2C7H9N/c23-29(24,25)21-13-9-19(10-14-21)7-5-17-1-2-18(4-3-17)6-8-20-11-15-22(16-12-20)30(26,27)28;2*8-6-7-4-2-1-3-5-7/h1-4,9-16H,(H,23,24,25)(H,26,27,28);2*1-5H,6,8H2. The SMILES string of the molecule is O=S(=O)([O-])c1ccc(C#Cc2ccc(C#Cc3ccc(S(=O)(=O)[O-])cc3)cc2)cc1.[NH3+]Cc1ccccc1.[NH3+]Cc1ccccc1. The third kappa shape index (κ3) is 12.5. The Morgan fingerprint density at radius 3 is 0.848 bits per heavy atom. The maximum atomic E-state index is 10.9. The second kappa shape index (κ2) is 17.4. The van der Waals surface area contributed by atoms with E-state index < -0.39 is 20.2 Å². The van der Waals surface area contributed by atoms with Gasteiger partial charge in [0.2, 0.25) is 0 Å². The molecule has 6 N–H and O–H groups in total. The van der Waals surface area contributed by atoms with Crippen molar-refractivity contribution >= 4 is 20.2 Å². The molecule has 0 spiro atoms. The second-order valence-electron chi connectivity index (χ2n) is 9.51. The summed E-state index contributed by atoms with van der Waals surface area (Å²) in [5.41, 5.74) is 12.7. The van der Waals surface area contributed by atoms with Crippen molar-refractivity contribution in [3.05, 3.63) is 167 Å². The van der Waals surface area contributed by atoms with Gasteiger partial charge in [-0.1, -0.05) is 84.3 Å². The van der Waals surface area contributed by atoms with Crippen LogP contribution in [-0.4, -0.2) is 25.9 Å². The average molecular weight is 653 g/mol. The van der Waals surface area contributed by atoms with Crippen molar-refractivity contribution in [3.8, 4) is 23.7 Å². The molecule has 0 radical (unpaired) electrons. The molecular weight excluding hydrogens is 621 g/mol. The highest BCUT2D eigenvalue weighted by Crippen LogP contribution is 2.11. The molecule has 0 saturated heterocycles. The van der Waals surface area contributed by atoms with E-state index in [0.29, 0.717) is 22.3 Å². The number of hydrogen-bond donors (Lipinski definition) is 2. The zero-order valence-electron chi connectivity index (χ0n) is 24.8. The van der Waals surface area contributed by atoms with E-state index in [1.807, 2.05) is 36.4 Å². The van der Waals surface area contributed by atoms with E-state index in [2.05, 4.69) is 59.4 Å². The van der Waals surface area contributed by atoms with Gasteiger partial charge in [-0.25, -0.2) is 16.8 Å². The largest absolute Gasteiger partial charge is 0.744 e. The zero-order valence-corrected chi connectivity index (χ0v) is 26.4. The van der Waals surface area contributed by atoms with Gasteiger partial charge in [-0.15, -0.1) is 0 Å². The van der Waals surface area contributed by atoms with Gasteiger partial charge in [0.15, 0.2) is 0 Å². The maximum absolute atomic E-state index is 10.9. The van der Waals surface area contributed by atoms with E-state index in [0.717, 1.165) is 13.1 Å². The summed E-state index contributed by atoms with van der Waals surface area (Å²) in [6.45, 7) is 1.78. The van der Waals surface area contributed by atoms with Gasteiger partial charge in [-0.3, -0.25) is 0 Å². The molecule has 0 unspecified atom stereocenters. The first-order valence-corrected chi connectivity index (χ1v) is 16.7. The topological polar surface area (TPSA) is 170 Å². The zero-order chi connectivity index (χ0) is 33.4. The van der Waals surface area contributed by atoms with Crippen LogP contribution < -0.4 is 11.5 Å². The van der Waals surface area contributed by atoms with Crippen LogP contribution in [0.4, 0.5) is 0 Å². The van der Waals surface area contributed by atoms with Gasteiger partial charge >= 0.3 is 0 Å². The van der Waals surface area contributed by atoms with Gasteiger partial charge in [-0.2, -0.15) is 0 Å². The fourth-order valence-electron chi connectivity index (χ4n) is 3.62. The van der Waals surface area contributed by atoms with Crippen LogP contribution in [-0.2, 0) is 33.3 Å². The highest BCUT2D eigenvalue weighted by atomic mass is 32.2. The summed E-state index contributed by atoms with van der Waals surface area (Å²) in [6, 6.07) is 38.2. The summed E-state index contributed by atoms with van der Waals surface area (Å²) in [4.78, 5) is -0.611. The predicted molar refractivity (Wildman–Crippen MR) is 173 cm³/mol. The van der Waals surface area contributed by atoms with Crippen molar-refractivity contribution in [2.24, 2.45) is 0 Å². The molecule has 8 nitrogen and oxygen atoms in total. The Kier molecular flexibility index (Phi) is 13.4. The molecule has 0 amide bonds. The molecule has 0 aliphatic heterocycles. The Morgan fingerprint density at radius 2 is 0.652 bits per heavy atom. The highest BCUT2D eigenvalue weighted by Gasteiger charge is 2.00. The summed E-state index contributed by atoms with van der Waals surface area (Å²) in [5, 5.41) is 0. The normalized spacial score (nSPS) is 10.3. The second-order valence-corrected chi connectivity index (χ2v) is 12.3. The van der Waals surface area contributed by atoms with Gasteiger partial charge in [-0.05, 0) is 72.8 Å². The van der Waals surface area contributed by atoms with E-state index in [-0.39, 0.29) is 9.79 Å². The lowest BCUT2D eigenvalue weighted by molar-refractivity contribution is -0.386. The molecular formula is C36H32N2O6S2. The van der Waals surface area contributed by atoms with Gasteiger partial charge < -0.3 is 20.6 Å².